The van der Waals surface area contributed by atoms with Crippen LogP contribution in [0.3, 0.4) is 0 Å². The van der Waals surface area contributed by atoms with E-state index in [2.05, 4.69) is 14.9 Å². The minimum Gasteiger partial charge on any atom is -0.486 e. The largest absolute Gasteiger partial charge is 0.486 e. The van der Waals surface area contributed by atoms with Gasteiger partial charge in [-0.3, -0.25) is 0 Å². The first-order valence-electron chi connectivity index (χ1n) is 6.50. The number of anilines is 1. The summed E-state index contributed by atoms with van der Waals surface area (Å²) in [5.74, 6) is 1.19. The van der Waals surface area contributed by atoms with E-state index in [-0.39, 0.29) is 13.2 Å². The van der Waals surface area contributed by atoms with Crippen LogP contribution in [0.5, 0.6) is 5.75 Å². The highest BCUT2D eigenvalue weighted by atomic mass is 19.1. The van der Waals surface area contributed by atoms with Crippen LogP contribution < -0.4 is 15.4 Å². The lowest BCUT2D eigenvalue weighted by atomic mass is 9.78. The van der Waals surface area contributed by atoms with Crippen LogP contribution in [-0.2, 0) is 4.74 Å². The maximum absolute atomic E-state index is 12.3. The molecule has 0 atom stereocenters. The van der Waals surface area contributed by atoms with Crippen molar-refractivity contribution in [2.24, 2.45) is 11.1 Å². The Bertz CT molecular complexity index is 494. The summed E-state index contributed by atoms with van der Waals surface area (Å²) < 4.78 is 22.9. The SMILES string of the molecule is NC/C(=C\F)COc1cnc(N2CC3(COC3)C2)nc1. The molecule has 2 fully saturated rings. The van der Waals surface area contributed by atoms with Crippen molar-refractivity contribution in [1.82, 2.24) is 9.97 Å². The molecule has 6 nitrogen and oxygen atoms in total. The summed E-state index contributed by atoms with van der Waals surface area (Å²) in [6.07, 6.45) is 3.66. The molecular formula is C13H17FN4O2. The van der Waals surface area contributed by atoms with E-state index in [0.29, 0.717) is 29.0 Å². The van der Waals surface area contributed by atoms with Gasteiger partial charge in [-0.1, -0.05) is 0 Å². The molecule has 2 saturated heterocycles. The van der Waals surface area contributed by atoms with Crippen molar-refractivity contribution in [3.8, 4) is 5.75 Å². The van der Waals surface area contributed by atoms with Gasteiger partial charge in [0.2, 0.25) is 5.95 Å². The molecule has 2 N–H and O–H groups in total. The third-order valence-electron chi connectivity index (χ3n) is 3.61. The molecule has 1 aromatic heterocycles. The molecule has 3 rings (SSSR count). The van der Waals surface area contributed by atoms with Crippen molar-refractivity contribution in [2.75, 3.05) is 44.4 Å². The molecule has 0 radical (unpaired) electrons. The Hall–Kier alpha value is -1.73. The molecule has 0 amide bonds. The average molecular weight is 280 g/mol. The average Bonchev–Trinajstić information content (AvgIpc) is 2.38. The van der Waals surface area contributed by atoms with Crippen LogP contribution in [0.2, 0.25) is 0 Å². The predicted octanol–water partition coefficient (Wildman–Crippen LogP) is 0.504. The van der Waals surface area contributed by atoms with Gasteiger partial charge in [-0.25, -0.2) is 14.4 Å². The predicted molar refractivity (Wildman–Crippen MR) is 71.2 cm³/mol. The molecule has 0 bridgehead atoms. The Kier molecular flexibility index (Phi) is 3.54. The fraction of sp³-hybridized carbons (Fsp3) is 0.538. The number of nitrogens with zero attached hydrogens (tertiary/aromatic N) is 3. The Morgan fingerprint density at radius 3 is 2.65 bits per heavy atom. The van der Waals surface area contributed by atoms with Crippen LogP contribution in [0, 0.1) is 5.41 Å². The number of hydrogen-bond donors (Lipinski definition) is 1. The molecule has 2 aliphatic rings. The van der Waals surface area contributed by atoms with Crippen molar-refractivity contribution in [3.05, 3.63) is 24.3 Å². The summed E-state index contributed by atoms with van der Waals surface area (Å²) >= 11 is 0. The Balaban J connectivity index is 1.53. The lowest BCUT2D eigenvalue weighted by Crippen LogP contribution is -2.66. The molecule has 0 aromatic carbocycles. The Morgan fingerprint density at radius 1 is 1.45 bits per heavy atom. The third-order valence-corrected chi connectivity index (χ3v) is 3.61. The van der Waals surface area contributed by atoms with E-state index in [4.69, 9.17) is 15.2 Å². The molecule has 20 heavy (non-hydrogen) atoms. The van der Waals surface area contributed by atoms with Crippen molar-refractivity contribution in [2.45, 2.75) is 0 Å². The molecule has 3 heterocycles. The molecule has 7 heteroatoms. The van der Waals surface area contributed by atoms with Crippen LogP contribution in [0.1, 0.15) is 0 Å². The van der Waals surface area contributed by atoms with E-state index < -0.39 is 0 Å². The topological polar surface area (TPSA) is 73.5 Å². The number of hydrogen-bond acceptors (Lipinski definition) is 6. The second-order valence-corrected chi connectivity index (χ2v) is 5.33. The van der Waals surface area contributed by atoms with Gasteiger partial charge in [0.05, 0.1) is 37.4 Å². The van der Waals surface area contributed by atoms with Gasteiger partial charge < -0.3 is 20.1 Å². The number of rotatable bonds is 5. The van der Waals surface area contributed by atoms with Crippen LogP contribution in [0.4, 0.5) is 10.3 Å². The summed E-state index contributed by atoms with van der Waals surface area (Å²) in [4.78, 5) is 10.6. The van der Waals surface area contributed by atoms with Gasteiger partial charge in [-0.2, -0.15) is 0 Å². The first-order chi connectivity index (χ1) is 9.74. The first kappa shape index (κ1) is 13.3. The van der Waals surface area contributed by atoms with E-state index in [1.54, 1.807) is 12.4 Å². The molecule has 0 saturated carbocycles. The van der Waals surface area contributed by atoms with Crippen LogP contribution >= 0.6 is 0 Å². The van der Waals surface area contributed by atoms with Gasteiger partial charge in [0.1, 0.15) is 6.61 Å². The second-order valence-electron chi connectivity index (χ2n) is 5.33. The molecule has 0 unspecified atom stereocenters. The highest BCUT2D eigenvalue weighted by molar-refractivity contribution is 5.38. The van der Waals surface area contributed by atoms with Gasteiger partial charge >= 0.3 is 0 Å². The van der Waals surface area contributed by atoms with Crippen LogP contribution in [-0.4, -0.2) is 49.4 Å². The summed E-state index contributed by atoms with van der Waals surface area (Å²) in [7, 11) is 0. The smallest absolute Gasteiger partial charge is 0.225 e. The zero-order valence-corrected chi connectivity index (χ0v) is 11.1. The maximum atomic E-state index is 12.3. The van der Waals surface area contributed by atoms with Gasteiger partial charge in [-0.15, -0.1) is 0 Å². The maximum Gasteiger partial charge on any atom is 0.225 e. The molecule has 0 aliphatic carbocycles. The lowest BCUT2D eigenvalue weighted by Gasteiger charge is -2.54. The summed E-state index contributed by atoms with van der Waals surface area (Å²) in [5, 5.41) is 0. The molecule has 1 spiro atoms. The molecule has 2 aliphatic heterocycles. The van der Waals surface area contributed by atoms with Crippen molar-refractivity contribution in [1.29, 1.82) is 0 Å². The molecule has 1 aromatic rings. The van der Waals surface area contributed by atoms with Gasteiger partial charge in [0.15, 0.2) is 5.75 Å². The fourth-order valence-electron chi connectivity index (χ4n) is 2.34. The van der Waals surface area contributed by atoms with Gasteiger partial charge in [-0.05, 0) is 0 Å². The van der Waals surface area contributed by atoms with Crippen molar-refractivity contribution >= 4 is 5.95 Å². The standard InChI is InChI=1S/C13H17FN4O2/c14-1-10(2-15)5-20-11-3-16-12(17-4-11)18-6-13(7-18)8-19-9-13/h1,3-4H,2,5-9,15H2/b10-1+. The van der Waals surface area contributed by atoms with E-state index in [0.717, 1.165) is 26.3 Å². The number of aromatic nitrogens is 2. The van der Waals surface area contributed by atoms with E-state index >= 15 is 0 Å². The monoisotopic (exact) mass is 280 g/mol. The quantitative estimate of drug-likeness (QED) is 0.847. The highest BCUT2D eigenvalue weighted by Gasteiger charge is 2.49. The normalized spacial score (nSPS) is 20.5. The zero-order valence-electron chi connectivity index (χ0n) is 11.1. The van der Waals surface area contributed by atoms with E-state index in [1.165, 1.54) is 0 Å². The zero-order chi connectivity index (χ0) is 14.0. The van der Waals surface area contributed by atoms with Crippen molar-refractivity contribution < 1.29 is 13.9 Å². The van der Waals surface area contributed by atoms with Gasteiger partial charge in [0, 0.05) is 25.2 Å². The molecule has 108 valence electrons. The summed E-state index contributed by atoms with van der Waals surface area (Å²) in [6.45, 7) is 3.79. The number of ether oxygens (including phenoxy) is 2. The first-order valence-corrected chi connectivity index (χ1v) is 6.50. The fourth-order valence-corrected chi connectivity index (χ4v) is 2.34. The lowest BCUT2D eigenvalue weighted by molar-refractivity contribution is -0.127. The van der Waals surface area contributed by atoms with E-state index in [1.807, 2.05) is 0 Å². The minimum atomic E-state index is 0.111. The highest BCUT2D eigenvalue weighted by Crippen LogP contribution is 2.38. The molecular weight excluding hydrogens is 263 g/mol. The Morgan fingerprint density at radius 2 is 2.15 bits per heavy atom. The summed E-state index contributed by atoms with van der Waals surface area (Å²) in [6, 6.07) is 0. The minimum absolute atomic E-state index is 0.111. The number of nitrogens with two attached hydrogens (primary N) is 1. The summed E-state index contributed by atoms with van der Waals surface area (Å²) in [5.41, 5.74) is 6.07. The van der Waals surface area contributed by atoms with E-state index in [9.17, 15) is 4.39 Å². The van der Waals surface area contributed by atoms with Crippen LogP contribution in [0.15, 0.2) is 24.3 Å². The van der Waals surface area contributed by atoms with Gasteiger partial charge in [0.25, 0.3) is 0 Å². The third kappa shape index (κ3) is 2.46. The Labute approximate surface area is 116 Å². The van der Waals surface area contributed by atoms with Crippen molar-refractivity contribution in [3.63, 3.8) is 0 Å². The van der Waals surface area contributed by atoms with Crippen LogP contribution in [0.25, 0.3) is 0 Å². The second kappa shape index (κ2) is 5.34. The number of halogens is 1.